The van der Waals surface area contributed by atoms with E-state index in [0.29, 0.717) is 5.02 Å². The molecule has 0 saturated heterocycles. The van der Waals surface area contributed by atoms with Gasteiger partial charge in [0.15, 0.2) is 0 Å². The molecule has 0 radical (unpaired) electrons. The van der Waals surface area contributed by atoms with E-state index in [1.54, 1.807) is 12.4 Å². The average Bonchev–Trinajstić information content (AvgIpc) is 2.14. The van der Waals surface area contributed by atoms with E-state index in [-0.39, 0.29) is 12.1 Å². The first-order chi connectivity index (χ1) is 6.76. The smallest absolute Gasteiger partial charge is 0.0820 e. The zero-order chi connectivity index (χ0) is 10.0. The standard InChI is InChI=1S/C10H13ClN2O/c11-8-6-12-5-2-9(8)13-10(7-14)3-1-4-10/h2,5-6,14H,1,3-4,7H2,(H,12,13). The van der Waals surface area contributed by atoms with E-state index in [4.69, 9.17) is 11.6 Å². The average molecular weight is 213 g/mol. The maximum atomic E-state index is 9.27. The molecule has 2 rings (SSSR count). The fraction of sp³-hybridized carbons (Fsp3) is 0.500. The first-order valence-electron chi connectivity index (χ1n) is 4.74. The number of nitrogens with zero attached hydrogens (tertiary/aromatic N) is 1. The zero-order valence-electron chi connectivity index (χ0n) is 7.83. The molecule has 1 aliphatic carbocycles. The van der Waals surface area contributed by atoms with Crippen molar-refractivity contribution in [2.24, 2.45) is 0 Å². The molecule has 2 N–H and O–H groups in total. The van der Waals surface area contributed by atoms with E-state index >= 15 is 0 Å². The Hall–Kier alpha value is -0.800. The fourth-order valence-electron chi connectivity index (χ4n) is 1.69. The van der Waals surface area contributed by atoms with Crippen LogP contribution in [0.4, 0.5) is 5.69 Å². The summed E-state index contributed by atoms with van der Waals surface area (Å²) in [5, 5.41) is 13.2. The van der Waals surface area contributed by atoms with Gasteiger partial charge in [-0.1, -0.05) is 11.6 Å². The van der Waals surface area contributed by atoms with Crippen LogP contribution in [0.15, 0.2) is 18.5 Å². The van der Waals surface area contributed by atoms with Crippen molar-refractivity contribution in [1.82, 2.24) is 4.98 Å². The van der Waals surface area contributed by atoms with E-state index in [2.05, 4.69) is 10.3 Å². The minimum atomic E-state index is -0.148. The summed E-state index contributed by atoms with van der Waals surface area (Å²) in [6.45, 7) is 0.158. The summed E-state index contributed by atoms with van der Waals surface area (Å²) in [6, 6.07) is 1.83. The van der Waals surface area contributed by atoms with Crippen LogP contribution in [0.3, 0.4) is 0 Å². The molecule has 1 saturated carbocycles. The first-order valence-corrected chi connectivity index (χ1v) is 5.12. The van der Waals surface area contributed by atoms with E-state index in [9.17, 15) is 5.11 Å². The fourth-order valence-corrected chi connectivity index (χ4v) is 1.86. The van der Waals surface area contributed by atoms with Gasteiger partial charge in [0.05, 0.1) is 22.9 Å². The molecule has 0 bridgehead atoms. The zero-order valence-corrected chi connectivity index (χ0v) is 8.59. The summed E-state index contributed by atoms with van der Waals surface area (Å²) in [5.41, 5.74) is 0.709. The number of aliphatic hydroxyl groups is 1. The summed E-state index contributed by atoms with van der Waals surface area (Å²) in [7, 11) is 0. The summed E-state index contributed by atoms with van der Waals surface area (Å²) in [5.74, 6) is 0. The Morgan fingerprint density at radius 3 is 2.86 bits per heavy atom. The summed E-state index contributed by atoms with van der Waals surface area (Å²) in [6.07, 6.45) is 6.46. The van der Waals surface area contributed by atoms with Crippen molar-refractivity contribution in [3.05, 3.63) is 23.5 Å². The van der Waals surface area contributed by atoms with E-state index < -0.39 is 0 Å². The van der Waals surface area contributed by atoms with Crippen LogP contribution in [0.25, 0.3) is 0 Å². The summed E-state index contributed by atoms with van der Waals surface area (Å²) in [4.78, 5) is 3.91. The van der Waals surface area contributed by atoms with Gasteiger partial charge in [-0.3, -0.25) is 4.98 Å². The Bertz CT molecular complexity index is 320. The van der Waals surface area contributed by atoms with Crippen LogP contribution >= 0.6 is 11.6 Å². The minimum Gasteiger partial charge on any atom is -0.394 e. The Labute approximate surface area is 88.1 Å². The highest BCUT2D eigenvalue weighted by Gasteiger charge is 2.36. The lowest BCUT2D eigenvalue weighted by atomic mass is 9.77. The van der Waals surface area contributed by atoms with Crippen LogP contribution in [-0.4, -0.2) is 22.2 Å². The second-order valence-corrected chi connectivity index (χ2v) is 4.18. The van der Waals surface area contributed by atoms with Gasteiger partial charge in [0.2, 0.25) is 0 Å². The largest absolute Gasteiger partial charge is 0.394 e. The molecule has 1 aliphatic rings. The summed E-state index contributed by atoms with van der Waals surface area (Å²) < 4.78 is 0. The topological polar surface area (TPSA) is 45.1 Å². The predicted octanol–water partition coefficient (Wildman–Crippen LogP) is 2.06. The Morgan fingerprint density at radius 1 is 1.57 bits per heavy atom. The molecule has 1 aromatic heterocycles. The molecule has 0 aromatic carbocycles. The van der Waals surface area contributed by atoms with Crippen LogP contribution in [-0.2, 0) is 0 Å². The van der Waals surface area contributed by atoms with Gasteiger partial charge in [0, 0.05) is 12.4 Å². The van der Waals surface area contributed by atoms with Gasteiger partial charge in [0.1, 0.15) is 0 Å². The van der Waals surface area contributed by atoms with Gasteiger partial charge < -0.3 is 10.4 Å². The monoisotopic (exact) mass is 212 g/mol. The van der Waals surface area contributed by atoms with Crippen LogP contribution in [0.5, 0.6) is 0 Å². The molecular weight excluding hydrogens is 200 g/mol. The molecule has 4 heteroatoms. The second kappa shape index (κ2) is 3.75. The molecule has 76 valence electrons. The highest BCUT2D eigenvalue weighted by molar-refractivity contribution is 6.33. The predicted molar refractivity (Wildman–Crippen MR) is 56.5 cm³/mol. The molecule has 1 heterocycles. The Morgan fingerprint density at radius 2 is 2.36 bits per heavy atom. The lowest BCUT2D eigenvalue weighted by molar-refractivity contribution is 0.144. The molecular formula is C10H13ClN2O. The molecule has 0 spiro atoms. The van der Waals surface area contributed by atoms with Crippen LogP contribution in [0.1, 0.15) is 19.3 Å². The van der Waals surface area contributed by atoms with E-state index in [0.717, 1.165) is 24.9 Å². The van der Waals surface area contributed by atoms with Gasteiger partial charge in [-0.2, -0.15) is 0 Å². The highest BCUT2D eigenvalue weighted by Crippen LogP contribution is 2.36. The number of aliphatic hydroxyl groups excluding tert-OH is 1. The summed E-state index contributed by atoms with van der Waals surface area (Å²) >= 11 is 5.96. The third kappa shape index (κ3) is 1.70. The number of hydrogen-bond acceptors (Lipinski definition) is 3. The number of anilines is 1. The molecule has 1 aromatic rings. The van der Waals surface area contributed by atoms with Gasteiger partial charge >= 0.3 is 0 Å². The third-order valence-electron chi connectivity index (χ3n) is 2.79. The SMILES string of the molecule is OCC1(Nc2ccncc2Cl)CCC1. The Balaban J connectivity index is 2.13. The second-order valence-electron chi connectivity index (χ2n) is 3.77. The quantitative estimate of drug-likeness (QED) is 0.806. The highest BCUT2D eigenvalue weighted by atomic mass is 35.5. The number of nitrogens with one attached hydrogen (secondary N) is 1. The van der Waals surface area contributed by atoms with Crippen molar-refractivity contribution in [2.75, 3.05) is 11.9 Å². The number of rotatable bonds is 3. The lowest BCUT2D eigenvalue weighted by Crippen LogP contribution is -2.48. The minimum absolute atomic E-state index is 0.148. The molecule has 0 unspecified atom stereocenters. The van der Waals surface area contributed by atoms with Gasteiger partial charge in [-0.05, 0) is 25.3 Å². The molecule has 0 amide bonds. The molecule has 0 atom stereocenters. The van der Waals surface area contributed by atoms with Crippen molar-refractivity contribution in [3.63, 3.8) is 0 Å². The van der Waals surface area contributed by atoms with Crippen molar-refractivity contribution < 1.29 is 5.11 Å². The normalized spacial score (nSPS) is 18.7. The van der Waals surface area contributed by atoms with E-state index in [1.165, 1.54) is 0 Å². The van der Waals surface area contributed by atoms with Crippen LogP contribution in [0.2, 0.25) is 5.02 Å². The number of aromatic nitrogens is 1. The maximum absolute atomic E-state index is 9.27. The first kappa shape index (κ1) is 9.74. The molecule has 3 nitrogen and oxygen atoms in total. The number of halogens is 1. The van der Waals surface area contributed by atoms with Gasteiger partial charge in [-0.25, -0.2) is 0 Å². The van der Waals surface area contributed by atoms with Gasteiger partial charge in [-0.15, -0.1) is 0 Å². The molecule has 1 fully saturated rings. The van der Waals surface area contributed by atoms with Crippen LogP contribution in [0, 0.1) is 0 Å². The third-order valence-corrected chi connectivity index (χ3v) is 3.09. The van der Waals surface area contributed by atoms with Crippen molar-refractivity contribution in [2.45, 2.75) is 24.8 Å². The van der Waals surface area contributed by atoms with Crippen LogP contribution < -0.4 is 5.32 Å². The maximum Gasteiger partial charge on any atom is 0.0820 e. The lowest BCUT2D eigenvalue weighted by Gasteiger charge is -2.42. The van der Waals surface area contributed by atoms with Gasteiger partial charge in [0.25, 0.3) is 0 Å². The van der Waals surface area contributed by atoms with Crippen molar-refractivity contribution in [1.29, 1.82) is 0 Å². The Kier molecular flexibility index (Phi) is 2.61. The van der Waals surface area contributed by atoms with E-state index in [1.807, 2.05) is 6.07 Å². The molecule has 14 heavy (non-hydrogen) atoms. The number of hydrogen-bond donors (Lipinski definition) is 2. The van der Waals surface area contributed by atoms with Crippen molar-refractivity contribution in [3.8, 4) is 0 Å². The number of pyridine rings is 1. The van der Waals surface area contributed by atoms with Crippen molar-refractivity contribution >= 4 is 17.3 Å². The molecule has 0 aliphatic heterocycles.